The zero-order valence-corrected chi connectivity index (χ0v) is 22.2. The van der Waals surface area contributed by atoms with Crippen molar-refractivity contribution < 1.29 is 19.5 Å². The lowest BCUT2D eigenvalue weighted by Gasteiger charge is -2.26. The quantitative estimate of drug-likeness (QED) is 0.309. The molecule has 2 fully saturated rings. The molecular weight excluding hydrogens is 506 g/mol. The molecule has 1 aromatic heterocycles. The first-order valence-corrected chi connectivity index (χ1v) is 13.2. The number of oxime groups is 1. The van der Waals surface area contributed by atoms with E-state index in [1.54, 1.807) is 17.0 Å². The number of amides is 1. The van der Waals surface area contributed by atoms with Crippen LogP contribution < -0.4 is 5.32 Å². The standard InChI is InChI=1S/C28H30ClN5O4/c1-28(2,3)38-27(36)34-13-18-19(14-34)23(18)30-10-11-37-33-24-16-6-4-5-7-20(16)31-25(24)22-17-12-15(29)8-9-21(17)32-26(22)35/h4-9,12,18-19,23,30,32,35H,10-11,13-14H2,1-3H3/b33-24+. The Morgan fingerprint density at radius 1 is 1.24 bits per heavy atom. The Bertz CT molecular complexity index is 1460. The first-order chi connectivity index (χ1) is 18.2. The van der Waals surface area contributed by atoms with Crippen LogP contribution in [0.4, 0.5) is 10.5 Å². The molecule has 9 nitrogen and oxygen atoms in total. The summed E-state index contributed by atoms with van der Waals surface area (Å²) in [5.74, 6) is 0.904. The van der Waals surface area contributed by atoms with Crippen LogP contribution in [0.5, 0.6) is 5.88 Å². The minimum atomic E-state index is -0.481. The molecule has 1 aliphatic carbocycles. The van der Waals surface area contributed by atoms with Gasteiger partial charge in [0.15, 0.2) is 5.88 Å². The van der Waals surface area contributed by atoms with Crippen LogP contribution in [0, 0.1) is 11.8 Å². The molecule has 0 radical (unpaired) electrons. The Morgan fingerprint density at radius 2 is 2.00 bits per heavy atom. The number of hydrogen-bond acceptors (Lipinski definition) is 7. The van der Waals surface area contributed by atoms with Crippen molar-refractivity contribution in [2.75, 3.05) is 26.2 Å². The van der Waals surface area contributed by atoms with Crippen molar-refractivity contribution in [3.8, 4) is 5.88 Å². The molecule has 3 aliphatic rings. The number of fused-ring (bicyclic) bond motifs is 3. The van der Waals surface area contributed by atoms with Crippen molar-refractivity contribution in [3.05, 3.63) is 58.6 Å². The normalized spacial score (nSPS) is 22.9. The summed E-state index contributed by atoms with van der Waals surface area (Å²) in [7, 11) is 0. The lowest BCUT2D eigenvalue weighted by Crippen LogP contribution is -2.39. The van der Waals surface area contributed by atoms with Gasteiger partial charge in [0, 0.05) is 47.2 Å². The largest absolute Gasteiger partial charge is 0.494 e. The number of ether oxygens (including phenoxy) is 1. The van der Waals surface area contributed by atoms with E-state index in [1.807, 2.05) is 51.1 Å². The van der Waals surface area contributed by atoms with Crippen LogP contribution in [0.1, 0.15) is 31.9 Å². The van der Waals surface area contributed by atoms with Gasteiger partial charge in [-0.15, -0.1) is 0 Å². The highest BCUT2D eigenvalue weighted by molar-refractivity contribution is 6.58. The molecule has 2 unspecified atom stereocenters. The number of likely N-dealkylation sites (tertiary alicyclic amines) is 1. The number of para-hydroxylation sites is 1. The second kappa shape index (κ2) is 9.32. The number of nitrogens with one attached hydrogen (secondary N) is 2. The lowest BCUT2D eigenvalue weighted by molar-refractivity contribution is 0.0268. The predicted octanol–water partition coefficient (Wildman–Crippen LogP) is 4.84. The molecule has 2 aliphatic heterocycles. The summed E-state index contributed by atoms with van der Waals surface area (Å²) in [5.41, 5.74) is 3.51. The number of carbonyl (C=O) groups is 1. The van der Waals surface area contributed by atoms with Crippen LogP contribution >= 0.6 is 11.6 Å². The molecule has 1 saturated heterocycles. The molecule has 3 aromatic rings. The molecule has 1 saturated carbocycles. The number of aromatic hydroxyl groups is 1. The van der Waals surface area contributed by atoms with Gasteiger partial charge in [-0.1, -0.05) is 35.0 Å². The zero-order chi connectivity index (χ0) is 26.6. The van der Waals surface area contributed by atoms with Gasteiger partial charge >= 0.3 is 6.09 Å². The molecular formula is C28H30ClN5O4. The second-order valence-electron chi connectivity index (χ2n) is 11.0. The summed E-state index contributed by atoms with van der Waals surface area (Å²) in [4.78, 5) is 27.6. The highest BCUT2D eigenvalue weighted by Crippen LogP contribution is 2.45. The average molecular weight is 536 g/mol. The van der Waals surface area contributed by atoms with Gasteiger partial charge in [0.25, 0.3) is 0 Å². The van der Waals surface area contributed by atoms with Gasteiger partial charge in [0.05, 0.1) is 11.3 Å². The van der Waals surface area contributed by atoms with E-state index in [0.29, 0.717) is 53.0 Å². The topological polar surface area (TPSA) is 112 Å². The molecule has 6 rings (SSSR count). The third kappa shape index (κ3) is 4.61. The second-order valence-corrected chi connectivity index (χ2v) is 11.4. The number of aromatic amines is 1. The third-order valence-electron chi connectivity index (χ3n) is 7.17. The fraction of sp³-hybridized carbons (Fsp3) is 0.393. The fourth-order valence-corrected chi connectivity index (χ4v) is 5.59. The van der Waals surface area contributed by atoms with Crippen LogP contribution in [0.2, 0.25) is 5.02 Å². The maximum atomic E-state index is 12.3. The molecule has 3 heterocycles. The highest BCUT2D eigenvalue weighted by atomic mass is 35.5. The molecule has 0 bridgehead atoms. The van der Waals surface area contributed by atoms with Crippen molar-refractivity contribution in [1.82, 2.24) is 15.2 Å². The van der Waals surface area contributed by atoms with Gasteiger partial charge in [0.2, 0.25) is 0 Å². The molecule has 198 valence electrons. The molecule has 3 N–H and O–H groups in total. The Morgan fingerprint density at radius 3 is 2.76 bits per heavy atom. The highest BCUT2D eigenvalue weighted by Gasteiger charge is 2.56. The van der Waals surface area contributed by atoms with Crippen LogP contribution in [-0.2, 0) is 9.57 Å². The Balaban J connectivity index is 1.09. The number of nitrogens with zero attached hydrogens (tertiary/aromatic N) is 3. The van der Waals surface area contributed by atoms with Crippen LogP contribution in [0.15, 0.2) is 52.6 Å². The number of hydrogen-bond donors (Lipinski definition) is 3. The van der Waals surface area contributed by atoms with E-state index in [9.17, 15) is 9.90 Å². The van der Waals surface area contributed by atoms with Gasteiger partial charge in [-0.25, -0.2) is 9.79 Å². The maximum Gasteiger partial charge on any atom is 0.410 e. The summed E-state index contributed by atoms with van der Waals surface area (Å²) < 4.78 is 5.48. The zero-order valence-electron chi connectivity index (χ0n) is 21.5. The van der Waals surface area contributed by atoms with E-state index < -0.39 is 5.60 Å². The molecule has 2 atom stereocenters. The first-order valence-electron chi connectivity index (χ1n) is 12.8. The number of halogens is 1. The molecule has 38 heavy (non-hydrogen) atoms. The minimum absolute atomic E-state index is 0.00360. The van der Waals surface area contributed by atoms with E-state index >= 15 is 0 Å². The Kier molecular flexibility index (Phi) is 6.07. The summed E-state index contributed by atoms with van der Waals surface area (Å²) in [6, 6.07) is 13.4. The number of benzene rings is 2. The van der Waals surface area contributed by atoms with E-state index in [-0.39, 0.29) is 12.0 Å². The third-order valence-corrected chi connectivity index (χ3v) is 7.40. The minimum Gasteiger partial charge on any atom is -0.494 e. The number of carbonyl (C=O) groups excluding carboxylic acids is 1. The van der Waals surface area contributed by atoms with Crippen molar-refractivity contribution in [2.24, 2.45) is 22.0 Å². The van der Waals surface area contributed by atoms with Crippen LogP contribution in [0.25, 0.3) is 10.9 Å². The number of H-pyrrole nitrogens is 1. The molecule has 2 aromatic carbocycles. The number of rotatable bonds is 6. The lowest BCUT2D eigenvalue weighted by atomic mass is 10.0. The Hall–Kier alpha value is -3.56. The summed E-state index contributed by atoms with van der Waals surface area (Å²) in [6.07, 6.45) is -0.236. The van der Waals surface area contributed by atoms with Gasteiger partial charge < -0.3 is 29.9 Å². The predicted molar refractivity (Wildman–Crippen MR) is 147 cm³/mol. The van der Waals surface area contributed by atoms with Crippen molar-refractivity contribution >= 4 is 45.7 Å². The molecule has 0 spiro atoms. The smallest absolute Gasteiger partial charge is 0.410 e. The Labute approximate surface area is 225 Å². The van der Waals surface area contributed by atoms with Crippen molar-refractivity contribution in [1.29, 1.82) is 0 Å². The van der Waals surface area contributed by atoms with Crippen molar-refractivity contribution in [2.45, 2.75) is 32.4 Å². The van der Waals surface area contributed by atoms with Crippen molar-refractivity contribution in [3.63, 3.8) is 0 Å². The van der Waals surface area contributed by atoms with Gasteiger partial charge in [-0.2, -0.15) is 0 Å². The van der Waals surface area contributed by atoms with E-state index in [1.165, 1.54) is 0 Å². The van der Waals surface area contributed by atoms with E-state index in [4.69, 9.17) is 26.2 Å². The van der Waals surface area contributed by atoms with E-state index in [0.717, 1.165) is 35.2 Å². The van der Waals surface area contributed by atoms with Crippen LogP contribution in [-0.4, -0.2) is 70.4 Å². The monoisotopic (exact) mass is 535 g/mol. The van der Waals surface area contributed by atoms with E-state index in [2.05, 4.69) is 15.5 Å². The fourth-order valence-electron chi connectivity index (χ4n) is 5.41. The summed E-state index contributed by atoms with van der Waals surface area (Å²) >= 11 is 6.24. The average Bonchev–Trinajstić information content (AvgIpc) is 3.19. The van der Waals surface area contributed by atoms with Gasteiger partial charge in [-0.3, -0.25) is 0 Å². The number of aliphatic imine (C=N–C) groups is 1. The molecule has 10 heteroatoms. The number of aromatic nitrogens is 1. The van der Waals surface area contributed by atoms with Gasteiger partial charge in [-0.05, 0) is 56.9 Å². The maximum absolute atomic E-state index is 12.3. The van der Waals surface area contributed by atoms with Crippen LogP contribution in [0.3, 0.4) is 0 Å². The number of piperidine rings is 1. The first kappa shape index (κ1) is 24.8. The summed E-state index contributed by atoms with van der Waals surface area (Å²) in [6.45, 7) is 8.08. The summed E-state index contributed by atoms with van der Waals surface area (Å²) in [5, 5.41) is 20.0. The van der Waals surface area contributed by atoms with Gasteiger partial charge in [0.1, 0.15) is 23.6 Å². The molecule has 1 amide bonds. The SMILES string of the molecule is CC(C)(C)OC(=O)N1CC2C(C1)C2NCCO/N=C1/C(c2c(O)[nH]c3ccc(Cl)cc23)=Nc2ccccc21.